The Balaban J connectivity index is 1.41. The number of fused-ring (bicyclic) bond motifs is 1. The van der Waals surface area contributed by atoms with E-state index in [1.165, 1.54) is 5.56 Å². The molecule has 6 heteroatoms. The molecule has 1 aliphatic heterocycles. The number of hydrogen-bond donors (Lipinski definition) is 0. The lowest BCUT2D eigenvalue weighted by Gasteiger charge is -2.40. The molecule has 0 spiro atoms. The molecule has 4 rings (SSSR count). The van der Waals surface area contributed by atoms with Crippen molar-refractivity contribution in [3.8, 4) is 0 Å². The summed E-state index contributed by atoms with van der Waals surface area (Å²) in [7, 11) is 0. The van der Waals surface area contributed by atoms with Crippen molar-refractivity contribution in [3.05, 3.63) is 71.3 Å². The van der Waals surface area contributed by atoms with Crippen LogP contribution in [-0.4, -0.2) is 51.9 Å². The van der Waals surface area contributed by atoms with Crippen molar-refractivity contribution >= 4 is 33.4 Å². The number of aryl methyl sites for hydroxylation is 1. The molecule has 2 amide bonds. The van der Waals surface area contributed by atoms with Crippen molar-refractivity contribution < 1.29 is 9.59 Å². The standard InChI is InChI=1S/C25H29N3O2S/c1-3-4-13-28-22(17-21-12-16-31-25(21)28)24(30)26-14-15-27(19(2)18-26)23(29)11-10-20-8-6-5-7-9-20/h3-9,12,16-17,19H,10-11,13-15,18H2,1-2H3/b4-3-/t19-/m1/s1. The second-order valence-electron chi connectivity index (χ2n) is 8.06. The van der Waals surface area contributed by atoms with Crippen LogP contribution in [0.25, 0.3) is 10.2 Å². The molecule has 0 aliphatic carbocycles. The van der Waals surface area contributed by atoms with Gasteiger partial charge in [-0.15, -0.1) is 11.3 Å². The van der Waals surface area contributed by atoms with Crippen LogP contribution in [0.4, 0.5) is 0 Å². The zero-order chi connectivity index (χ0) is 21.8. The normalized spacial score (nSPS) is 17.0. The van der Waals surface area contributed by atoms with E-state index in [1.54, 1.807) is 11.3 Å². The number of piperazine rings is 1. The molecule has 0 N–H and O–H groups in total. The van der Waals surface area contributed by atoms with Crippen LogP contribution in [-0.2, 0) is 17.8 Å². The summed E-state index contributed by atoms with van der Waals surface area (Å²) in [6, 6.07) is 14.2. The van der Waals surface area contributed by atoms with Gasteiger partial charge < -0.3 is 14.4 Å². The van der Waals surface area contributed by atoms with Crippen LogP contribution in [0.15, 0.2) is 60.0 Å². The van der Waals surface area contributed by atoms with E-state index in [0.717, 1.165) is 22.3 Å². The first-order valence-electron chi connectivity index (χ1n) is 10.9. The molecule has 1 aromatic carbocycles. The van der Waals surface area contributed by atoms with Gasteiger partial charge in [-0.3, -0.25) is 9.59 Å². The molecule has 3 aromatic rings. The second-order valence-corrected chi connectivity index (χ2v) is 8.96. The van der Waals surface area contributed by atoms with Crippen LogP contribution in [0, 0.1) is 0 Å². The summed E-state index contributed by atoms with van der Waals surface area (Å²) in [5, 5.41) is 3.17. The second kappa shape index (κ2) is 9.52. The Morgan fingerprint density at radius 1 is 1.16 bits per heavy atom. The van der Waals surface area contributed by atoms with E-state index < -0.39 is 0 Å². The summed E-state index contributed by atoms with van der Waals surface area (Å²) < 4.78 is 2.10. The Labute approximate surface area is 187 Å². The van der Waals surface area contributed by atoms with Crippen LogP contribution < -0.4 is 0 Å². The van der Waals surface area contributed by atoms with Crippen molar-refractivity contribution in [2.75, 3.05) is 19.6 Å². The van der Waals surface area contributed by atoms with Gasteiger partial charge in [0.2, 0.25) is 5.91 Å². The molecule has 0 unspecified atom stereocenters. The van der Waals surface area contributed by atoms with Gasteiger partial charge >= 0.3 is 0 Å². The zero-order valence-corrected chi connectivity index (χ0v) is 19.0. The molecule has 2 aromatic heterocycles. The predicted octanol–water partition coefficient (Wildman–Crippen LogP) is 4.58. The Bertz CT molecular complexity index is 1080. The minimum absolute atomic E-state index is 0.0149. The van der Waals surface area contributed by atoms with Gasteiger partial charge in [0, 0.05) is 44.0 Å². The van der Waals surface area contributed by atoms with E-state index in [-0.39, 0.29) is 17.9 Å². The zero-order valence-electron chi connectivity index (χ0n) is 18.2. The quantitative estimate of drug-likeness (QED) is 0.532. The van der Waals surface area contributed by atoms with Crippen LogP contribution in [0.3, 0.4) is 0 Å². The van der Waals surface area contributed by atoms with Gasteiger partial charge in [0.25, 0.3) is 5.91 Å². The molecule has 0 saturated carbocycles. The molecule has 1 aliphatic rings. The highest BCUT2D eigenvalue weighted by molar-refractivity contribution is 7.16. The van der Waals surface area contributed by atoms with Crippen molar-refractivity contribution in [1.82, 2.24) is 14.4 Å². The lowest BCUT2D eigenvalue weighted by Crippen LogP contribution is -2.55. The van der Waals surface area contributed by atoms with Gasteiger partial charge in [-0.1, -0.05) is 42.5 Å². The maximum atomic E-state index is 13.4. The summed E-state index contributed by atoms with van der Waals surface area (Å²) >= 11 is 1.66. The Morgan fingerprint density at radius 3 is 2.71 bits per heavy atom. The van der Waals surface area contributed by atoms with Gasteiger partial charge in [-0.2, -0.15) is 0 Å². The number of benzene rings is 1. The molecule has 162 valence electrons. The molecule has 1 saturated heterocycles. The van der Waals surface area contributed by atoms with Crippen LogP contribution in [0.5, 0.6) is 0 Å². The highest BCUT2D eigenvalue weighted by atomic mass is 32.1. The highest BCUT2D eigenvalue weighted by Crippen LogP contribution is 2.27. The average molecular weight is 436 g/mol. The molecule has 0 radical (unpaired) electrons. The number of carbonyl (C=O) groups is 2. The predicted molar refractivity (Wildman–Crippen MR) is 126 cm³/mol. The van der Waals surface area contributed by atoms with Crippen molar-refractivity contribution in [1.29, 1.82) is 0 Å². The summed E-state index contributed by atoms with van der Waals surface area (Å²) in [6.07, 6.45) is 5.34. The lowest BCUT2D eigenvalue weighted by molar-refractivity contribution is -0.135. The number of nitrogens with zero attached hydrogens (tertiary/aromatic N) is 3. The van der Waals surface area contributed by atoms with Crippen LogP contribution in [0.2, 0.25) is 0 Å². The summed E-state index contributed by atoms with van der Waals surface area (Å²) in [5.41, 5.74) is 1.91. The number of allylic oxidation sites excluding steroid dienone is 2. The third kappa shape index (κ3) is 4.59. The summed E-state index contributed by atoms with van der Waals surface area (Å²) in [6.45, 7) is 6.45. The Hall–Kier alpha value is -2.86. The summed E-state index contributed by atoms with van der Waals surface area (Å²) in [4.78, 5) is 31.1. The maximum Gasteiger partial charge on any atom is 0.270 e. The van der Waals surface area contributed by atoms with Crippen molar-refractivity contribution in [2.24, 2.45) is 0 Å². The average Bonchev–Trinajstić information content (AvgIpc) is 3.38. The van der Waals surface area contributed by atoms with Gasteiger partial charge in [0.15, 0.2) is 0 Å². The van der Waals surface area contributed by atoms with E-state index in [1.807, 2.05) is 54.0 Å². The van der Waals surface area contributed by atoms with Crippen LogP contribution in [0.1, 0.15) is 36.3 Å². The topological polar surface area (TPSA) is 45.6 Å². The van der Waals surface area contributed by atoms with E-state index >= 15 is 0 Å². The molecule has 5 nitrogen and oxygen atoms in total. The number of hydrogen-bond acceptors (Lipinski definition) is 3. The molecule has 31 heavy (non-hydrogen) atoms. The fourth-order valence-corrected chi connectivity index (χ4v) is 5.17. The van der Waals surface area contributed by atoms with Crippen LogP contribution >= 0.6 is 11.3 Å². The van der Waals surface area contributed by atoms with Gasteiger partial charge in [-0.25, -0.2) is 0 Å². The van der Waals surface area contributed by atoms with E-state index in [2.05, 4.69) is 34.2 Å². The number of amides is 2. The van der Waals surface area contributed by atoms with Gasteiger partial charge in [0.1, 0.15) is 10.5 Å². The van der Waals surface area contributed by atoms with E-state index in [4.69, 9.17) is 0 Å². The molecule has 0 bridgehead atoms. The fraction of sp³-hybridized carbons (Fsp3) is 0.360. The lowest BCUT2D eigenvalue weighted by atomic mass is 10.1. The number of aromatic nitrogens is 1. The largest absolute Gasteiger partial charge is 0.336 e. The number of thiophene rings is 1. The van der Waals surface area contributed by atoms with Gasteiger partial charge in [-0.05, 0) is 43.3 Å². The monoisotopic (exact) mass is 435 g/mol. The SMILES string of the molecule is C/C=C\Cn1c(C(=O)N2CCN(C(=O)CCc3ccccc3)[C@H](C)C2)cc2ccsc21. The number of carbonyl (C=O) groups excluding carboxylic acids is 2. The third-order valence-electron chi connectivity index (χ3n) is 5.95. The fourth-order valence-electron chi connectivity index (χ4n) is 4.26. The summed E-state index contributed by atoms with van der Waals surface area (Å²) in [5.74, 6) is 0.219. The molecule has 1 fully saturated rings. The Kier molecular flexibility index (Phi) is 6.56. The molecule has 3 heterocycles. The molecule has 1 atom stereocenters. The first kappa shape index (κ1) is 21.4. The molecular formula is C25H29N3O2S. The maximum absolute atomic E-state index is 13.4. The molecular weight excluding hydrogens is 406 g/mol. The van der Waals surface area contributed by atoms with Gasteiger partial charge in [0.05, 0.1) is 0 Å². The first-order chi connectivity index (χ1) is 15.1. The van der Waals surface area contributed by atoms with Crippen molar-refractivity contribution in [3.63, 3.8) is 0 Å². The first-order valence-corrected chi connectivity index (χ1v) is 11.8. The smallest absolute Gasteiger partial charge is 0.270 e. The third-order valence-corrected chi connectivity index (χ3v) is 6.90. The minimum Gasteiger partial charge on any atom is -0.336 e. The van der Waals surface area contributed by atoms with Crippen molar-refractivity contribution in [2.45, 2.75) is 39.3 Å². The number of rotatable bonds is 6. The minimum atomic E-state index is 0.0149. The Morgan fingerprint density at radius 2 is 1.97 bits per heavy atom. The van der Waals surface area contributed by atoms with E-state index in [9.17, 15) is 9.59 Å². The van der Waals surface area contributed by atoms with E-state index in [0.29, 0.717) is 32.6 Å². The highest BCUT2D eigenvalue weighted by Gasteiger charge is 2.31.